The zero-order chi connectivity index (χ0) is 20.6. The summed E-state index contributed by atoms with van der Waals surface area (Å²) in [4.78, 5) is 4.86. The summed E-state index contributed by atoms with van der Waals surface area (Å²) in [6.07, 6.45) is 0. The van der Waals surface area contributed by atoms with E-state index in [9.17, 15) is 8.42 Å². The number of sulfonamides is 1. The number of hydrogen-bond acceptors (Lipinski definition) is 3. The monoisotopic (exact) mass is 402 g/mol. The second-order valence-corrected chi connectivity index (χ2v) is 8.63. The fourth-order valence-electron chi connectivity index (χ4n) is 2.75. The van der Waals surface area contributed by atoms with Crippen molar-refractivity contribution in [2.75, 3.05) is 20.1 Å². The van der Waals surface area contributed by atoms with E-state index in [2.05, 4.69) is 58.5 Å². The fourth-order valence-corrected chi connectivity index (χ4v) is 3.48. The number of rotatable bonds is 8. The zero-order valence-corrected chi connectivity index (χ0v) is 17.8. The lowest BCUT2D eigenvalue weighted by atomic mass is 9.99. The van der Waals surface area contributed by atoms with Gasteiger partial charge in [0.15, 0.2) is 5.96 Å². The molecule has 0 amide bonds. The average molecular weight is 403 g/mol. The average Bonchev–Trinajstić information content (AvgIpc) is 2.70. The molecule has 0 bridgehead atoms. The van der Waals surface area contributed by atoms with E-state index in [4.69, 9.17) is 0 Å². The Bertz CT molecular complexity index is 893. The first-order chi connectivity index (χ1) is 13.4. The van der Waals surface area contributed by atoms with Gasteiger partial charge in [0, 0.05) is 13.1 Å². The Balaban J connectivity index is 2.00. The SMILES string of the molecule is CCNC(=NCc1ccc(S(=O)(=O)NC)cc1)NCC(C)c1cccc(C)c1. The van der Waals surface area contributed by atoms with E-state index >= 15 is 0 Å². The Morgan fingerprint density at radius 3 is 2.43 bits per heavy atom. The molecule has 1 unspecified atom stereocenters. The number of nitrogens with one attached hydrogen (secondary N) is 3. The molecule has 0 radical (unpaired) electrons. The van der Waals surface area contributed by atoms with Crippen molar-refractivity contribution in [1.29, 1.82) is 0 Å². The molecule has 0 aliphatic rings. The number of hydrogen-bond donors (Lipinski definition) is 3. The molecule has 2 rings (SSSR count). The Labute approximate surface area is 168 Å². The van der Waals surface area contributed by atoms with Gasteiger partial charge in [0.25, 0.3) is 0 Å². The van der Waals surface area contributed by atoms with Crippen molar-refractivity contribution in [1.82, 2.24) is 15.4 Å². The molecule has 2 aromatic carbocycles. The highest BCUT2D eigenvalue weighted by Crippen LogP contribution is 2.15. The number of aryl methyl sites for hydroxylation is 1. The highest BCUT2D eigenvalue weighted by Gasteiger charge is 2.10. The molecule has 0 aliphatic carbocycles. The van der Waals surface area contributed by atoms with Crippen molar-refractivity contribution in [3.8, 4) is 0 Å². The number of guanidine groups is 1. The van der Waals surface area contributed by atoms with Crippen molar-refractivity contribution < 1.29 is 8.42 Å². The van der Waals surface area contributed by atoms with Gasteiger partial charge in [-0.2, -0.15) is 0 Å². The summed E-state index contributed by atoms with van der Waals surface area (Å²) >= 11 is 0. The van der Waals surface area contributed by atoms with Crippen LogP contribution < -0.4 is 15.4 Å². The van der Waals surface area contributed by atoms with Gasteiger partial charge in [-0.3, -0.25) is 0 Å². The van der Waals surface area contributed by atoms with Gasteiger partial charge in [-0.1, -0.05) is 48.9 Å². The van der Waals surface area contributed by atoms with Crippen LogP contribution in [0, 0.1) is 6.92 Å². The maximum Gasteiger partial charge on any atom is 0.240 e. The van der Waals surface area contributed by atoms with Gasteiger partial charge in [0.05, 0.1) is 11.4 Å². The molecule has 1 atom stereocenters. The van der Waals surface area contributed by atoms with Crippen LogP contribution in [0.5, 0.6) is 0 Å². The van der Waals surface area contributed by atoms with Crippen LogP contribution in [0.1, 0.15) is 36.5 Å². The summed E-state index contributed by atoms with van der Waals surface area (Å²) in [6.45, 7) is 8.32. The first-order valence-electron chi connectivity index (χ1n) is 9.47. The first kappa shape index (κ1) is 21.9. The normalized spacial score (nSPS) is 13.2. The van der Waals surface area contributed by atoms with Crippen LogP contribution in [0.15, 0.2) is 58.4 Å². The molecule has 2 aromatic rings. The van der Waals surface area contributed by atoms with Crippen LogP contribution in [0.3, 0.4) is 0 Å². The highest BCUT2D eigenvalue weighted by molar-refractivity contribution is 7.89. The minimum absolute atomic E-state index is 0.250. The van der Waals surface area contributed by atoms with E-state index in [1.807, 2.05) is 6.92 Å². The molecule has 7 heteroatoms. The Kier molecular flexibility index (Phi) is 8.02. The maximum absolute atomic E-state index is 11.8. The van der Waals surface area contributed by atoms with Gasteiger partial charge in [-0.25, -0.2) is 18.1 Å². The Morgan fingerprint density at radius 1 is 1.11 bits per heavy atom. The molecule has 6 nitrogen and oxygen atoms in total. The van der Waals surface area contributed by atoms with Crippen molar-refractivity contribution in [3.05, 3.63) is 65.2 Å². The Hall–Kier alpha value is -2.38. The van der Waals surface area contributed by atoms with E-state index in [-0.39, 0.29) is 4.90 Å². The summed E-state index contributed by atoms with van der Waals surface area (Å²) < 4.78 is 25.9. The van der Waals surface area contributed by atoms with Crippen molar-refractivity contribution >= 4 is 16.0 Å². The third kappa shape index (κ3) is 6.35. The summed E-state index contributed by atoms with van der Waals surface area (Å²) in [5, 5.41) is 6.64. The lowest BCUT2D eigenvalue weighted by Gasteiger charge is -2.16. The van der Waals surface area contributed by atoms with Gasteiger partial charge in [-0.05, 0) is 50.1 Å². The molecule has 0 fully saturated rings. The Morgan fingerprint density at radius 2 is 1.82 bits per heavy atom. The molecule has 0 heterocycles. The molecule has 0 spiro atoms. The molecule has 0 aromatic heterocycles. The molecular formula is C21H30N4O2S. The molecule has 3 N–H and O–H groups in total. The van der Waals surface area contributed by atoms with Crippen molar-refractivity contribution in [2.24, 2.45) is 4.99 Å². The molecule has 0 saturated heterocycles. The molecule has 0 aliphatic heterocycles. The minimum Gasteiger partial charge on any atom is -0.357 e. The second-order valence-electron chi connectivity index (χ2n) is 6.74. The topological polar surface area (TPSA) is 82.6 Å². The lowest BCUT2D eigenvalue weighted by Crippen LogP contribution is -2.39. The highest BCUT2D eigenvalue weighted by atomic mass is 32.2. The number of benzene rings is 2. The standard InChI is InChI=1S/C21H30N4O2S/c1-5-23-21(24-14-17(3)19-8-6-7-16(2)13-19)25-15-18-9-11-20(12-10-18)28(26,27)22-4/h6-13,17,22H,5,14-15H2,1-4H3,(H2,23,24,25). The fraction of sp³-hybridized carbons (Fsp3) is 0.381. The van der Waals surface area contributed by atoms with E-state index in [0.717, 1.165) is 24.6 Å². The molecule has 0 saturated carbocycles. The van der Waals surface area contributed by atoms with Crippen molar-refractivity contribution in [2.45, 2.75) is 38.1 Å². The molecule has 28 heavy (non-hydrogen) atoms. The number of nitrogens with zero attached hydrogens (tertiary/aromatic N) is 1. The van der Waals surface area contributed by atoms with Crippen LogP contribution in [-0.2, 0) is 16.6 Å². The van der Waals surface area contributed by atoms with Crippen molar-refractivity contribution in [3.63, 3.8) is 0 Å². The van der Waals surface area contributed by atoms with Crippen LogP contribution >= 0.6 is 0 Å². The second kappa shape index (κ2) is 10.2. The zero-order valence-electron chi connectivity index (χ0n) is 17.0. The van der Waals surface area contributed by atoms with Gasteiger partial charge in [0.1, 0.15) is 0 Å². The quantitative estimate of drug-likeness (QED) is 0.468. The molecular weight excluding hydrogens is 372 g/mol. The third-order valence-corrected chi connectivity index (χ3v) is 5.88. The van der Waals surface area contributed by atoms with Crippen LogP contribution in [0.2, 0.25) is 0 Å². The summed E-state index contributed by atoms with van der Waals surface area (Å²) in [5.74, 6) is 1.10. The van der Waals surface area contributed by atoms with Gasteiger partial charge in [-0.15, -0.1) is 0 Å². The third-order valence-electron chi connectivity index (χ3n) is 4.45. The minimum atomic E-state index is -3.41. The van der Waals surface area contributed by atoms with Gasteiger partial charge < -0.3 is 10.6 Å². The summed E-state index contributed by atoms with van der Waals surface area (Å²) in [5.41, 5.74) is 3.50. The van der Waals surface area contributed by atoms with Crippen LogP contribution in [0.25, 0.3) is 0 Å². The van der Waals surface area contributed by atoms with Crippen LogP contribution in [-0.4, -0.2) is 34.5 Å². The lowest BCUT2D eigenvalue weighted by molar-refractivity contribution is 0.588. The van der Waals surface area contributed by atoms with E-state index in [1.165, 1.54) is 18.2 Å². The predicted octanol–water partition coefficient (Wildman–Crippen LogP) is 2.76. The van der Waals surface area contributed by atoms with Crippen LogP contribution in [0.4, 0.5) is 0 Å². The van der Waals surface area contributed by atoms with Gasteiger partial charge >= 0.3 is 0 Å². The maximum atomic E-state index is 11.8. The van der Waals surface area contributed by atoms with E-state index < -0.39 is 10.0 Å². The smallest absolute Gasteiger partial charge is 0.240 e. The van der Waals surface area contributed by atoms with E-state index in [0.29, 0.717) is 12.5 Å². The van der Waals surface area contributed by atoms with E-state index in [1.54, 1.807) is 24.3 Å². The first-order valence-corrected chi connectivity index (χ1v) is 10.9. The number of aliphatic imine (C=N–C) groups is 1. The summed E-state index contributed by atoms with van der Waals surface area (Å²) in [7, 11) is -2.01. The largest absolute Gasteiger partial charge is 0.357 e. The summed E-state index contributed by atoms with van der Waals surface area (Å²) in [6, 6.07) is 15.3. The predicted molar refractivity (Wildman–Crippen MR) is 115 cm³/mol. The molecule has 152 valence electrons. The van der Waals surface area contributed by atoms with Gasteiger partial charge in [0.2, 0.25) is 10.0 Å².